The second-order valence-electron chi connectivity index (χ2n) is 8.73. The van der Waals surface area contributed by atoms with Gasteiger partial charge in [-0.15, -0.1) is 6.42 Å². The minimum Gasteiger partial charge on any atom is -0.299 e. The molecule has 2 nitrogen and oxygen atoms in total. The molecule has 0 spiro atoms. The number of carbonyl (C=O) groups excluding carboxylic acids is 2. The third kappa shape index (κ3) is 1.89. The van der Waals surface area contributed by atoms with E-state index in [1.54, 1.807) is 0 Å². The van der Waals surface area contributed by atoms with Crippen molar-refractivity contribution in [1.82, 2.24) is 0 Å². The average molecular weight is 310 g/mol. The molecule has 0 amide bonds. The van der Waals surface area contributed by atoms with Crippen LogP contribution in [0.15, 0.2) is 11.6 Å². The summed E-state index contributed by atoms with van der Waals surface area (Å²) < 4.78 is 0. The molecule has 3 saturated carbocycles. The standard InChI is InChI=1S/C21H26O2/c1-4-13-11-15-16-5-6-19(23)21(16,3)10-8-17(15)20(2)9-7-14(22)12-18(13)20/h1,12-13,15-17H,5-11H2,2-3H3/t13-,15+,16+,17+,20-,21+/m1/s1. The quantitative estimate of drug-likeness (QED) is 0.635. The summed E-state index contributed by atoms with van der Waals surface area (Å²) in [7, 11) is 0. The number of fused-ring (bicyclic) bond motifs is 5. The summed E-state index contributed by atoms with van der Waals surface area (Å²) in [6, 6.07) is 0. The minimum atomic E-state index is -0.109. The molecule has 0 saturated heterocycles. The lowest BCUT2D eigenvalue weighted by Crippen LogP contribution is -2.52. The van der Waals surface area contributed by atoms with Crippen molar-refractivity contribution in [2.45, 2.75) is 58.8 Å². The van der Waals surface area contributed by atoms with Gasteiger partial charge >= 0.3 is 0 Å². The van der Waals surface area contributed by atoms with Gasteiger partial charge in [-0.25, -0.2) is 0 Å². The van der Waals surface area contributed by atoms with Gasteiger partial charge in [-0.2, -0.15) is 0 Å². The molecular weight excluding hydrogens is 284 g/mol. The van der Waals surface area contributed by atoms with E-state index >= 15 is 0 Å². The molecule has 0 N–H and O–H groups in total. The molecule has 4 aliphatic carbocycles. The van der Waals surface area contributed by atoms with Crippen molar-refractivity contribution in [3.8, 4) is 12.3 Å². The summed E-state index contributed by atoms with van der Waals surface area (Å²) in [5.41, 5.74) is 1.19. The zero-order chi connectivity index (χ0) is 16.4. The highest BCUT2D eigenvalue weighted by molar-refractivity contribution is 5.92. The fourth-order valence-corrected chi connectivity index (χ4v) is 6.57. The number of carbonyl (C=O) groups is 2. The van der Waals surface area contributed by atoms with Gasteiger partial charge in [-0.05, 0) is 66.9 Å². The van der Waals surface area contributed by atoms with Crippen molar-refractivity contribution in [1.29, 1.82) is 0 Å². The van der Waals surface area contributed by atoms with Crippen LogP contribution in [0.4, 0.5) is 0 Å². The molecule has 0 aromatic rings. The van der Waals surface area contributed by atoms with E-state index in [1.807, 2.05) is 6.08 Å². The van der Waals surface area contributed by atoms with Crippen molar-refractivity contribution < 1.29 is 9.59 Å². The number of Topliss-reactive ketones (excluding diaryl/α,β-unsaturated/α-hetero) is 1. The molecule has 4 aliphatic rings. The van der Waals surface area contributed by atoms with E-state index in [-0.39, 0.29) is 22.5 Å². The molecular formula is C21H26O2. The predicted molar refractivity (Wildman–Crippen MR) is 89.4 cm³/mol. The zero-order valence-corrected chi connectivity index (χ0v) is 14.2. The van der Waals surface area contributed by atoms with Gasteiger partial charge in [0.25, 0.3) is 0 Å². The molecule has 0 bridgehead atoms. The van der Waals surface area contributed by atoms with E-state index in [0.717, 1.165) is 38.5 Å². The monoisotopic (exact) mass is 310 g/mol. The van der Waals surface area contributed by atoms with Crippen LogP contribution in [0.25, 0.3) is 0 Å². The predicted octanol–water partition coefficient (Wildman–Crippen LogP) is 3.95. The smallest absolute Gasteiger partial charge is 0.155 e. The van der Waals surface area contributed by atoms with Crippen LogP contribution >= 0.6 is 0 Å². The molecule has 0 heterocycles. The Kier molecular flexibility index (Phi) is 3.18. The lowest BCUT2D eigenvalue weighted by molar-refractivity contribution is -0.133. The van der Waals surface area contributed by atoms with E-state index in [0.29, 0.717) is 30.0 Å². The molecule has 23 heavy (non-hydrogen) atoms. The number of rotatable bonds is 0. The maximum absolute atomic E-state index is 12.5. The highest BCUT2D eigenvalue weighted by Crippen LogP contribution is 2.65. The third-order valence-electron chi connectivity index (χ3n) is 7.92. The minimum absolute atomic E-state index is 0.0703. The first-order valence-corrected chi connectivity index (χ1v) is 9.14. The first kappa shape index (κ1) is 15.2. The molecule has 0 aliphatic heterocycles. The van der Waals surface area contributed by atoms with Crippen LogP contribution < -0.4 is 0 Å². The van der Waals surface area contributed by atoms with E-state index in [4.69, 9.17) is 6.42 Å². The van der Waals surface area contributed by atoms with Crippen LogP contribution in [0.5, 0.6) is 0 Å². The molecule has 122 valence electrons. The van der Waals surface area contributed by atoms with Crippen LogP contribution in [-0.2, 0) is 9.59 Å². The first-order chi connectivity index (χ1) is 10.9. The Bertz CT molecular complexity index is 651. The Morgan fingerprint density at radius 1 is 1.09 bits per heavy atom. The van der Waals surface area contributed by atoms with Crippen molar-refractivity contribution in [3.05, 3.63) is 11.6 Å². The first-order valence-electron chi connectivity index (χ1n) is 9.14. The number of ketones is 2. The maximum atomic E-state index is 12.5. The number of allylic oxidation sites excluding steroid dienone is 1. The molecule has 6 atom stereocenters. The van der Waals surface area contributed by atoms with Crippen molar-refractivity contribution in [2.75, 3.05) is 0 Å². The van der Waals surface area contributed by atoms with Crippen molar-refractivity contribution in [2.24, 2.45) is 34.5 Å². The fourth-order valence-electron chi connectivity index (χ4n) is 6.57. The lowest BCUT2D eigenvalue weighted by atomic mass is 9.45. The summed E-state index contributed by atoms with van der Waals surface area (Å²) in [5, 5.41) is 0. The van der Waals surface area contributed by atoms with E-state index in [1.165, 1.54) is 5.57 Å². The van der Waals surface area contributed by atoms with Crippen LogP contribution in [-0.4, -0.2) is 11.6 Å². The van der Waals surface area contributed by atoms with Crippen LogP contribution in [0.1, 0.15) is 58.8 Å². The topological polar surface area (TPSA) is 34.1 Å². The summed E-state index contributed by atoms with van der Waals surface area (Å²) in [4.78, 5) is 24.4. The summed E-state index contributed by atoms with van der Waals surface area (Å²) >= 11 is 0. The second-order valence-corrected chi connectivity index (χ2v) is 8.73. The van der Waals surface area contributed by atoms with Crippen molar-refractivity contribution in [3.63, 3.8) is 0 Å². The molecule has 0 aromatic carbocycles. The van der Waals surface area contributed by atoms with Gasteiger partial charge in [0.1, 0.15) is 5.78 Å². The summed E-state index contributed by atoms with van der Waals surface area (Å²) in [5.74, 6) is 5.43. The Morgan fingerprint density at radius 2 is 1.83 bits per heavy atom. The van der Waals surface area contributed by atoms with E-state index in [2.05, 4.69) is 19.8 Å². The van der Waals surface area contributed by atoms with Gasteiger partial charge in [-0.1, -0.05) is 19.8 Å². The van der Waals surface area contributed by atoms with E-state index in [9.17, 15) is 9.59 Å². The highest BCUT2D eigenvalue weighted by Gasteiger charge is 2.60. The van der Waals surface area contributed by atoms with Gasteiger partial charge < -0.3 is 0 Å². The molecule has 2 heteroatoms. The zero-order valence-electron chi connectivity index (χ0n) is 14.2. The van der Waals surface area contributed by atoms with E-state index < -0.39 is 0 Å². The van der Waals surface area contributed by atoms with Crippen LogP contribution in [0, 0.1) is 46.8 Å². The highest BCUT2D eigenvalue weighted by atomic mass is 16.1. The molecule has 4 rings (SSSR count). The molecule has 0 unspecified atom stereocenters. The Morgan fingerprint density at radius 3 is 2.57 bits per heavy atom. The van der Waals surface area contributed by atoms with Gasteiger partial charge in [0.15, 0.2) is 5.78 Å². The van der Waals surface area contributed by atoms with Gasteiger partial charge in [0.2, 0.25) is 0 Å². The van der Waals surface area contributed by atoms with Crippen molar-refractivity contribution >= 4 is 11.6 Å². The Balaban J connectivity index is 1.77. The SMILES string of the molecule is C#C[C@@H]1C[C@@H]2[C@H](CC[C@]3(C)C(=O)CC[C@@H]23)[C@@]2(C)CCC(=O)C=C12. The van der Waals surface area contributed by atoms with Crippen LogP contribution in [0.3, 0.4) is 0 Å². The second kappa shape index (κ2) is 4.82. The molecule has 0 aromatic heterocycles. The number of terminal acetylenes is 1. The van der Waals surface area contributed by atoms with Crippen LogP contribution in [0.2, 0.25) is 0 Å². The fraction of sp³-hybridized carbons (Fsp3) is 0.714. The largest absolute Gasteiger partial charge is 0.299 e. The van der Waals surface area contributed by atoms with Gasteiger partial charge in [0.05, 0.1) is 0 Å². The third-order valence-corrected chi connectivity index (χ3v) is 7.92. The summed E-state index contributed by atoms with van der Waals surface area (Å²) in [6.45, 7) is 4.54. The maximum Gasteiger partial charge on any atom is 0.155 e. The lowest BCUT2D eigenvalue weighted by Gasteiger charge is -2.58. The Labute approximate surface area is 139 Å². The molecule has 0 radical (unpaired) electrons. The van der Waals surface area contributed by atoms with Gasteiger partial charge in [-0.3, -0.25) is 9.59 Å². The average Bonchev–Trinajstić information content (AvgIpc) is 2.83. The molecule has 3 fully saturated rings. The van der Waals surface area contributed by atoms with Gasteiger partial charge in [0, 0.05) is 24.2 Å². The number of hydrogen-bond acceptors (Lipinski definition) is 2. The normalized spacial score (nSPS) is 48.8. The Hall–Kier alpha value is -1.36. The summed E-state index contributed by atoms with van der Waals surface area (Å²) in [6.07, 6.45) is 14.2. The number of hydrogen-bond donors (Lipinski definition) is 0.